The van der Waals surface area contributed by atoms with Crippen molar-refractivity contribution in [3.8, 4) is 22.6 Å². The van der Waals surface area contributed by atoms with Crippen molar-refractivity contribution < 1.29 is 13.2 Å². The Morgan fingerprint density at radius 1 is 0.750 bits per heavy atom. The van der Waals surface area contributed by atoms with Crippen molar-refractivity contribution in [2.75, 3.05) is 5.32 Å². The zero-order valence-electron chi connectivity index (χ0n) is 16.7. The highest BCUT2D eigenvalue weighted by atomic mass is 19.4. The summed E-state index contributed by atoms with van der Waals surface area (Å²) < 4.78 is 38.9. The van der Waals surface area contributed by atoms with Crippen LogP contribution in [0.3, 0.4) is 0 Å². The number of rotatable bonds is 4. The smallest absolute Gasteiger partial charge is 0.356 e. The van der Waals surface area contributed by atoms with E-state index in [1.807, 2.05) is 66.7 Å². The van der Waals surface area contributed by atoms with Crippen LogP contribution in [0.2, 0.25) is 0 Å². The number of hydrogen-bond acceptors (Lipinski definition) is 3. The number of fused-ring (bicyclic) bond motifs is 1. The van der Waals surface area contributed by atoms with Crippen LogP contribution in [-0.4, -0.2) is 15.0 Å². The summed E-state index contributed by atoms with van der Waals surface area (Å²) in [4.78, 5) is 11.8. The van der Waals surface area contributed by atoms with Crippen molar-refractivity contribution in [1.82, 2.24) is 15.0 Å². The average Bonchev–Trinajstić information content (AvgIpc) is 3.23. The summed E-state index contributed by atoms with van der Waals surface area (Å²) in [5.41, 5.74) is 4.56. The number of halogens is 3. The number of aromatic amines is 1. The molecule has 0 bridgehead atoms. The third-order valence-electron chi connectivity index (χ3n) is 5.08. The monoisotopic (exact) mass is 430 g/mol. The van der Waals surface area contributed by atoms with E-state index in [0.717, 1.165) is 40.3 Å². The van der Waals surface area contributed by atoms with Gasteiger partial charge in [0.2, 0.25) is 0 Å². The Balaban J connectivity index is 1.39. The largest absolute Gasteiger partial charge is 0.416 e. The summed E-state index contributed by atoms with van der Waals surface area (Å²) in [5.74, 6) is 0.508. The van der Waals surface area contributed by atoms with Gasteiger partial charge in [-0.1, -0.05) is 30.3 Å². The van der Waals surface area contributed by atoms with E-state index in [2.05, 4.69) is 20.3 Å². The number of pyridine rings is 1. The Morgan fingerprint density at radius 2 is 1.59 bits per heavy atom. The van der Waals surface area contributed by atoms with Crippen LogP contribution in [0.5, 0.6) is 0 Å². The molecule has 0 spiro atoms. The summed E-state index contributed by atoms with van der Waals surface area (Å²) in [7, 11) is 0. The van der Waals surface area contributed by atoms with Gasteiger partial charge in [-0.25, -0.2) is 4.98 Å². The van der Waals surface area contributed by atoms with Crippen LogP contribution in [-0.2, 0) is 6.18 Å². The lowest BCUT2D eigenvalue weighted by Gasteiger charge is -2.09. The van der Waals surface area contributed by atoms with Crippen LogP contribution in [0.25, 0.3) is 33.7 Å². The van der Waals surface area contributed by atoms with Crippen LogP contribution in [0.1, 0.15) is 5.56 Å². The van der Waals surface area contributed by atoms with Gasteiger partial charge in [0.25, 0.3) is 0 Å². The third kappa shape index (κ3) is 4.05. The van der Waals surface area contributed by atoms with Crippen LogP contribution >= 0.6 is 0 Å². The topological polar surface area (TPSA) is 53.6 Å². The summed E-state index contributed by atoms with van der Waals surface area (Å²) in [6, 6.07) is 24.7. The quantitative estimate of drug-likeness (QED) is 0.321. The van der Waals surface area contributed by atoms with E-state index in [1.54, 1.807) is 6.20 Å². The molecule has 0 radical (unpaired) electrons. The Labute approximate surface area is 181 Å². The maximum atomic E-state index is 13.0. The minimum atomic E-state index is -4.39. The molecule has 2 aromatic heterocycles. The molecule has 0 aliphatic carbocycles. The van der Waals surface area contributed by atoms with Crippen LogP contribution in [0.15, 0.2) is 91.1 Å². The molecule has 0 saturated carbocycles. The van der Waals surface area contributed by atoms with Crippen LogP contribution in [0, 0.1) is 0 Å². The Bertz CT molecular complexity index is 1370. The van der Waals surface area contributed by atoms with E-state index in [-0.39, 0.29) is 0 Å². The lowest BCUT2D eigenvalue weighted by atomic mass is 10.1. The highest BCUT2D eigenvalue weighted by molar-refractivity contribution is 5.81. The first-order chi connectivity index (χ1) is 15.5. The standard InChI is InChI=1S/C25H17F3N4/c26-25(27,28)18-9-12-22-23(15-18)32-24(31-22)17-4-3-5-20(14-17)30-19-10-7-16(8-11-19)21-6-1-2-13-29-21/h1-15,30H,(H,31,32). The van der Waals surface area contributed by atoms with Crippen molar-refractivity contribution in [3.63, 3.8) is 0 Å². The summed E-state index contributed by atoms with van der Waals surface area (Å²) in [5, 5.41) is 3.34. The van der Waals surface area contributed by atoms with E-state index in [9.17, 15) is 13.2 Å². The molecule has 0 unspecified atom stereocenters. The molecule has 5 rings (SSSR count). The van der Waals surface area contributed by atoms with E-state index in [0.29, 0.717) is 16.9 Å². The maximum Gasteiger partial charge on any atom is 0.416 e. The zero-order valence-corrected chi connectivity index (χ0v) is 16.7. The molecule has 0 atom stereocenters. The molecule has 0 saturated heterocycles. The molecular weight excluding hydrogens is 413 g/mol. The molecular formula is C25H17F3N4. The van der Waals surface area contributed by atoms with Gasteiger partial charge in [-0.3, -0.25) is 4.98 Å². The lowest BCUT2D eigenvalue weighted by Crippen LogP contribution is -2.04. The van der Waals surface area contributed by atoms with E-state index >= 15 is 0 Å². The minimum Gasteiger partial charge on any atom is -0.356 e. The number of imidazole rings is 1. The number of aromatic nitrogens is 3. The van der Waals surface area contributed by atoms with Gasteiger partial charge in [0.1, 0.15) is 5.82 Å². The number of anilines is 2. The van der Waals surface area contributed by atoms with Gasteiger partial charge in [0, 0.05) is 28.7 Å². The van der Waals surface area contributed by atoms with Crippen LogP contribution in [0.4, 0.5) is 24.5 Å². The highest BCUT2D eigenvalue weighted by Gasteiger charge is 2.30. The lowest BCUT2D eigenvalue weighted by molar-refractivity contribution is -0.137. The normalized spacial score (nSPS) is 11.6. The first-order valence-electron chi connectivity index (χ1n) is 9.92. The molecule has 0 aliphatic heterocycles. The maximum absolute atomic E-state index is 13.0. The second kappa shape index (κ2) is 7.85. The number of nitrogens with one attached hydrogen (secondary N) is 2. The highest BCUT2D eigenvalue weighted by Crippen LogP contribution is 2.32. The number of hydrogen-bond donors (Lipinski definition) is 2. The SMILES string of the molecule is FC(F)(F)c1ccc2nc(-c3cccc(Nc4ccc(-c5ccccn5)cc4)c3)[nH]c2c1. The number of H-pyrrole nitrogens is 1. The molecule has 2 N–H and O–H groups in total. The molecule has 158 valence electrons. The first kappa shape index (κ1) is 19.8. The van der Waals surface area contributed by atoms with Gasteiger partial charge in [-0.15, -0.1) is 0 Å². The molecule has 32 heavy (non-hydrogen) atoms. The fourth-order valence-electron chi connectivity index (χ4n) is 3.49. The average molecular weight is 430 g/mol. The molecule has 2 heterocycles. The molecule has 4 nitrogen and oxygen atoms in total. The van der Waals surface area contributed by atoms with Crippen LogP contribution < -0.4 is 5.32 Å². The number of benzene rings is 3. The molecule has 5 aromatic rings. The fraction of sp³-hybridized carbons (Fsp3) is 0.0400. The van der Waals surface area contributed by atoms with E-state index in [1.165, 1.54) is 6.07 Å². The van der Waals surface area contributed by atoms with Gasteiger partial charge in [-0.05, 0) is 54.6 Å². The second-order valence-corrected chi connectivity index (χ2v) is 7.31. The molecule has 0 amide bonds. The molecule has 7 heteroatoms. The number of nitrogens with zero attached hydrogens (tertiary/aromatic N) is 2. The van der Waals surface area contributed by atoms with E-state index in [4.69, 9.17) is 0 Å². The van der Waals surface area contributed by atoms with Crippen molar-refractivity contribution >= 4 is 22.4 Å². The summed E-state index contributed by atoms with van der Waals surface area (Å²) >= 11 is 0. The predicted octanol–water partition coefficient (Wildman–Crippen LogP) is 7.05. The van der Waals surface area contributed by atoms with E-state index < -0.39 is 11.7 Å². The molecule has 0 fully saturated rings. The fourth-order valence-corrected chi connectivity index (χ4v) is 3.49. The Kier molecular flexibility index (Phi) is 4.86. The minimum absolute atomic E-state index is 0.346. The van der Waals surface area contributed by atoms with Crippen molar-refractivity contribution in [2.24, 2.45) is 0 Å². The molecule has 3 aromatic carbocycles. The van der Waals surface area contributed by atoms with Gasteiger partial charge in [0.15, 0.2) is 0 Å². The zero-order chi connectivity index (χ0) is 22.1. The van der Waals surface area contributed by atoms with Gasteiger partial charge in [0.05, 0.1) is 22.3 Å². The summed E-state index contributed by atoms with van der Waals surface area (Å²) in [6.07, 6.45) is -2.63. The van der Waals surface area contributed by atoms with Crippen molar-refractivity contribution in [1.29, 1.82) is 0 Å². The van der Waals surface area contributed by atoms with Crippen molar-refractivity contribution in [3.05, 3.63) is 96.7 Å². The van der Waals surface area contributed by atoms with Gasteiger partial charge < -0.3 is 10.3 Å². The first-order valence-corrected chi connectivity index (χ1v) is 9.92. The third-order valence-corrected chi connectivity index (χ3v) is 5.08. The van der Waals surface area contributed by atoms with Gasteiger partial charge >= 0.3 is 6.18 Å². The second-order valence-electron chi connectivity index (χ2n) is 7.31. The molecule has 0 aliphatic rings. The Morgan fingerprint density at radius 3 is 2.34 bits per heavy atom. The number of alkyl halides is 3. The predicted molar refractivity (Wildman–Crippen MR) is 119 cm³/mol. The van der Waals surface area contributed by atoms with Crippen molar-refractivity contribution in [2.45, 2.75) is 6.18 Å². The Hall–Kier alpha value is -4.13. The summed E-state index contributed by atoms with van der Waals surface area (Å²) in [6.45, 7) is 0. The van der Waals surface area contributed by atoms with Gasteiger partial charge in [-0.2, -0.15) is 13.2 Å².